The molecule has 3 rings (SSSR count). The van der Waals surface area contributed by atoms with Crippen LogP contribution in [0.25, 0.3) is 0 Å². The number of hydrogen-bond acceptors (Lipinski definition) is 3. The molecule has 0 aliphatic rings. The number of nitrogen functional groups attached to an aromatic ring is 1. The molecule has 0 aliphatic carbocycles. The maximum absolute atomic E-state index is 13.7. The van der Waals surface area contributed by atoms with Crippen molar-refractivity contribution in [2.45, 2.75) is 39.8 Å². The van der Waals surface area contributed by atoms with Gasteiger partial charge in [0.25, 0.3) is 5.91 Å². The van der Waals surface area contributed by atoms with Gasteiger partial charge in [0.1, 0.15) is 6.04 Å². The van der Waals surface area contributed by atoms with Gasteiger partial charge in [0, 0.05) is 29.9 Å². The highest BCUT2D eigenvalue weighted by Crippen LogP contribution is 2.31. The van der Waals surface area contributed by atoms with Crippen molar-refractivity contribution in [1.82, 2.24) is 4.90 Å². The molecule has 0 aliphatic heterocycles. The Morgan fingerprint density at radius 1 is 0.903 bits per heavy atom. The van der Waals surface area contributed by atoms with Gasteiger partial charge in [0.15, 0.2) is 0 Å². The Morgan fingerprint density at radius 3 is 2.13 bits per heavy atom. The average molecular weight is 416 g/mol. The van der Waals surface area contributed by atoms with E-state index in [4.69, 9.17) is 5.73 Å². The van der Waals surface area contributed by atoms with Gasteiger partial charge in [-0.1, -0.05) is 73.7 Å². The third-order valence-electron chi connectivity index (χ3n) is 5.40. The van der Waals surface area contributed by atoms with Crippen LogP contribution in [-0.4, -0.2) is 16.7 Å². The minimum atomic E-state index is -0.854. The number of aryl methyl sites for hydroxylation is 2. The molecule has 1 atom stereocenters. The molecular formula is C26H29N3O2. The van der Waals surface area contributed by atoms with Crippen LogP contribution in [-0.2, 0) is 16.1 Å². The Kier molecular flexibility index (Phi) is 7.08. The van der Waals surface area contributed by atoms with Gasteiger partial charge in [0.2, 0.25) is 5.91 Å². The quantitative estimate of drug-likeness (QED) is 0.533. The van der Waals surface area contributed by atoms with E-state index in [9.17, 15) is 9.59 Å². The standard InChI is InChI=1S/C26H29N3O2/c1-4-23(30)29(17-20-13-6-5-7-14-20)25(21-15-8-9-16-22(21)27)26(31)28-24-18(2)11-10-12-19(24)3/h5-16,25H,4,17,27H2,1-3H3,(H,28,31). The summed E-state index contributed by atoms with van der Waals surface area (Å²) in [5.74, 6) is -0.401. The van der Waals surface area contributed by atoms with Gasteiger partial charge in [-0.05, 0) is 36.6 Å². The Labute approximate surface area is 183 Å². The van der Waals surface area contributed by atoms with Crippen LogP contribution in [0.5, 0.6) is 0 Å². The van der Waals surface area contributed by atoms with Crippen LogP contribution in [0.4, 0.5) is 11.4 Å². The summed E-state index contributed by atoms with van der Waals surface area (Å²) in [6.07, 6.45) is 0.284. The fraction of sp³-hybridized carbons (Fsp3) is 0.231. The Bertz CT molecular complexity index is 1040. The molecular weight excluding hydrogens is 386 g/mol. The molecule has 5 nitrogen and oxygen atoms in total. The molecule has 5 heteroatoms. The summed E-state index contributed by atoms with van der Waals surface area (Å²) < 4.78 is 0. The van der Waals surface area contributed by atoms with Crippen molar-refractivity contribution in [2.75, 3.05) is 11.1 Å². The fourth-order valence-electron chi connectivity index (χ4n) is 3.72. The third kappa shape index (κ3) is 5.12. The van der Waals surface area contributed by atoms with Gasteiger partial charge in [-0.25, -0.2) is 0 Å². The summed E-state index contributed by atoms with van der Waals surface area (Å²) in [4.78, 5) is 28.3. The van der Waals surface area contributed by atoms with Crippen LogP contribution in [0.1, 0.15) is 41.6 Å². The van der Waals surface area contributed by atoms with E-state index in [1.54, 1.807) is 17.9 Å². The van der Waals surface area contributed by atoms with Crippen molar-refractivity contribution in [3.63, 3.8) is 0 Å². The van der Waals surface area contributed by atoms with Crippen molar-refractivity contribution in [2.24, 2.45) is 0 Å². The zero-order valence-corrected chi connectivity index (χ0v) is 18.3. The maximum Gasteiger partial charge on any atom is 0.251 e. The Hall–Kier alpha value is -3.60. The lowest BCUT2D eigenvalue weighted by Crippen LogP contribution is -2.41. The molecule has 31 heavy (non-hydrogen) atoms. The molecule has 3 aromatic carbocycles. The van der Waals surface area contributed by atoms with E-state index in [0.717, 1.165) is 22.4 Å². The van der Waals surface area contributed by atoms with Gasteiger partial charge in [-0.15, -0.1) is 0 Å². The van der Waals surface area contributed by atoms with Gasteiger partial charge >= 0.3 is 0 Å². The highest BCUT2D eigenvalue weighted by molar-refractivity contribution is 5.99. The maximum atomic E-state index is 13.7. The highest BCUT2D eigenvalue weighted by atomic mass is 16.2. The minimum Gasteiger partial charge on any atom is -0.398 e. The summed E-state index contributed by atoms with van der Waals surface area (Å²) in [6, 6.07) is 21.9. The second kappa shape index (κ2) is 9.94. The van der Waals surface area contributed by atoms with Gasteiger partial charge in [0.05, 0.1) is 0 Å². The van der Waals surface area contributed by atoms with Crippen LogP contribution in [0, 0.1) is 13.8 Å². The Morgan fingerprint density at radius 2 is 1.52 bits per heavy atom. The molecule has 0 spiro atoms. The number of para-hydroxylation sites is 2. The summed E-state index contributed by atoms with van der Waals surface area (Å²) in [5.41, 5.74) is 11.0. The normalized spacial score (nSPS) is 11.6. The highest BCUT2D eigenvalue weighted by Gasteiger charge is 2.32. The lowest BCUT2D eigenvalue weighted by molar-refractivity contribution is -0.139. The minimum absolute atomic E-state index is 0.117. The van der Waals surface area contributed by atoms with Crippen molar-refractivity contribution >= 4 is 23.2 Å². The van der Waals surface area contributed by atoms with Crippen LogP contribution in [0.15, 0.2) is 72.8 Å². The molecule has 0 heterocycles. The number of nitrogens with zero attached hydrogens (tertiary/aromatic N) is 1. The first-order chi connectivity index (χ1) is 14.9. The first kappa shape index (κ1) is 22.1. The van der Waals surface area contributed by atoms with Crippen LogP contribution in [0.3, 0.4) is 0 Å². The first-order valence-corrected chi connectivity index (χ1v) is 10.5. The first-order valence-electron chi connectivity index (χ1n) is 10.5. The lowest BCUT2D eigenvalue weighted by Gasteiger charge is -2.32. The van der Waals surface area contributed by atoms with Gasteiger partial charge in [-0.2, -0.15) is 0 Å². The van der Waals surface area contributed by atoms with E-state index in [1.165, 1.54) is 0 Å². The Balaban J connectivity index is 2.06. The second-order valence-corrected chi connectivity index (χ2v) is 7.65. The summed E-state index contributed by atoms with van der Waals surface area (Å²) in [7, 11) is 0. The van der Waals surface area contributed by atoms with E-state index in [0.29, 0.717) is 17.8 Å². The fourth-order valence-corrected chi connectivity index (χ4v) is 3.72. The molecule has 0 saturated carbocycles. The van der Waals surface area contributed by atoms with Crippen molar-refractivity contribution < 1.29 is 9.59 Å². The van der Waals surface area contributed by atoms with E-state index in [1.807, 2.05) is 80.6 Å². The number of hydrogen-bond donors (Lipinski definition) is 2. The smallest absolute Gasteiger partial charge is 0.251 e. The summed E-state index contributed by atoms with van der Waals surface area (Å²) in [5, 5.41) is 3.06. The van der Waals surface area contributed by atoms with Crippen LogP contribution < -0.4 is 11.1 Å². The number of carbonyl (C=O) groups excluding carboxylic acids is 2. The molecule has 0 fully saturated rings. The summed E-state index contributed by atoms with van der Waals surface area (Å²) >= 11 is 0. The number of nitrogens with one attached hydrogen (secondary N) is 1. The monoisotopic (exact) mass is 415 g/mol. The molecule has 1 unspecified atom stereocenters. The molecule has 0 radical (unpaired) electrons. The topological polar surface area (TPSA) is 75.4 Å². The molecule has 2 amide bonds. The average Bonchev–Trinajstić information content (AvgIpc) is 2.77. The van der Waals surface area contributed by atoms with E-state index in [2.05, 4.69) is 5.32 Å². The van der Waals surface area contributed by atoms with Crippen molar-refractivity contribution in [3.05, 3.63) is 95.1 Å². The zero-order chi connectivity index (χ0) is 22.4. The SMILES string of the molecule is CCC(=O)N(Cc1ccccc1)C(C(=O)Nc1c(C)cccc1C)c1ccccc1N. The number of rotatable bonds is 7. The molecule has 160 valence electrons. The summed E-state index contributed by atoms with van der Waals surface area (Å²) in [6.45, 7) is 6.02. The third-order valence-corrected chi connectivity index (χ3v) is 5.40. The van der Waals surface area contributed by atoms with E-state index >= 15 is 0 Å². The van der Waals surface area contributed by atoms with Gasteiger partial charge in [-0.3, -0.25) is 9.59 Å². The number of benzene rings is 3. The zero-order valence-electron chi connectivity index (χ0n) is 18.3. The largest absolute Gasteiger partial charge is 0.398 e. The predicted octanol–water partition coefficient (Wildman–Crippen LogP) is 5.00. The molecule has 3 aromatic rings. The molecule has 3 N–H and O–H groups in total. The number of amides is 2. The van der Waals surface area contributed by atoms with Gasteiger partial charge < -0.3 is 16.0 Å². The molecule has 0 saturated heterocycles. The predicted molar refractivity (Wildman–Crippen MR) is 125 cm³/mol. The van der Waals surface area contributed by atoms with E-state index < -0.39 is 6.04 Å². The number of anilines is 2. The lowest BCUT2D eigenvalue weighted by atomic mass is 10.00. The van der Waals surface area contributed by atoms with Crippen molar-refractivity contribution in [1.29, 1.82) is 0 Å². The second-order valence-electron chi connectivity index (χ2n) is 7.65. The van der Waals surface area contributed by atoms with Crippen molar-refractivity contribution in [3.8, 4) is 0 Å². The van der Waals surface area contributed by atoms with E-state index in [-0.39, 0.29) is 18.2 Å². The number of carbonyl (C=O) groups is 2. The van der Waals surface area contributed by atoms with Crippen LogP contribution in [0.2, 0.25) is 0 Å². The molecule has 0 aromatic heterocycles. The van der Waals surface area contributed by atoms with Crippen LogP contribution >= 0.6 is 0 Å². The molecule has 0 bridgehead atoms. The number of nitrogens with two attached hydrogens (primary N) is 1.